The topological polar surface area (TPSA) is 85.2 Å². The van der Waals surface area contributed by atoms with Crippen molar-refractivity contribution in [3.05, 3.63) is 59.7 Å². The smallest absolute Gasteiger partial charge is 0.331 e. The lowest BCUT2D eigenvalue weighted by Crippen LogP contribution is -1.99. The zero-order chi connectivity index (χ0) is 18.9. The highest BCUT2D eigenvalue weighted by Crippen LogP contribution is 2.27. The quantitative estimate of drug-likeness (QED) is 0.584. The molecule has 0 unspecified atom stereocenters. The van der Waals surface area contributed by atoms with Crippen molar-refractivity contribution in [2.24, 2.45) is 0 Å². The molecule has 0 amide bonds. The van der Waals surface area contributed by atoms with Crippen molar-refractivity contribution in [2.75, 3.05) is 20.8 Å². The second-order valence-corrected chi connectivity index (χ2v) is 5.23. The van der Waals surface area contributed by atoms with Crippen molar-refractivity contribution in [3.8, 4) is 23.0 Å². The average molecular weight is 356 g/mol. The largest absolute Gasteiger partial charge is 0.504 e. The predicted octanol–water partition coefficient (Wildman–Crippen LogP) is 3.38. The van der Waals surface area contributed by atoms with Crippen molar-refractivity contribution < 1.29 is 29.2 Å². The van der Waals surface area contributed by atoms with E-state index in [-0.39, 0.29) is 18.1 Å². The fourth-order valence-corrected chi connectivity index (χ4v) is 2.12. The van der Waals surface area contributed by atoms with Gasteiger partial charge in [0.25, 0.3) is 0 Å². The molecule has 2 rings (SSSR count). The summed E-state index contributed by atoms with van der Waals surface area (Å²) in [4.78, 5) is 11.7. The summed E-state index contributed by atoms with van der Waals surface area (Å²) in [6.45, 7) is 0.102. The molecule has 0 bridgehead atoms. The zero-order valence-electron chi connectivity index (χ0n) is 14.5. The van der Waals surface area contributed by atoms with E-state index >= 15 is 0 Å². The van der Waals surface area contributed by atoms with Gasteiger partial charge in [0.2, 0.25) is 0 Å². The lowest BCUT2D eigenvalue weighted by molar-refractivity contribution is -0.136. The van der Waals surface area contributed by atoms with Crippen molar-refractivity contribution in [2.45, 2.75) is 0 Å². The summed E-state index contributed by atoms with van der Waals surface area (Å²) in [5.74, 6) is 0.296. The molecule has 0 radical (unpaired) electrons. The molecule has 0 aliphatic carbocycles. The van der Waals surface area contributed by atoms with Crippen LogP contribution in [-0.2, 0) is 9.53 Å². The van der Waals surface area contributed by atoms with Gasteiger partial charge < -0.3 is 24.4 Å². The summed E-state index contributed by atoms with van der Waals surface area (Å²) in [6.07, 6.45) is 6.30. The molecule has 0 atom stereocenters. The van der Waals surface area contributed by atoms with Crippen molar-refractivity contribution >= 4 is 18.1 Å². The lowest BCUT2D eigenvalue weighted by Gasteiger charge is -2.04. The van der Waals surface area contributed by atoms with Gasteiger partial charge in [-0.1, -0.05) is 18.2 Å². The first-order chi connectivity index (χ1) is 12.5. The fraction of sp³-hybridized carbons (Fsp3) is 0.150. The number of benzene rings is 2. The van der Waals surface area contributed by atoms with E-state index in [0.717, 1.165) is 5.56 Å². The molecule has 2 aromatic carbocycles. The molecule has 0 aliphatic heterocycles. The number of hydrogen-bond donors (Lipinski definition) is 2. The normalized spacial score (nSPS) is 11.0. The number of hydrogen-bond acceptors (Lipinski definition) is 6. The van der Waals surface area contributed by atoms with Crippen molar-refractivity contribution in [3.63, 3.8) is 0 Å². The van der Waals surface area contributed by atoms with E-state index in [4.69, 9.17) is 14.2 Å². The van der Waals surface area contributed by atoms with Gasteiger partial charge >= 0.3 is 5.97 Å². The van der Waals surface area contributed by atoms with E-state index in [1.807, 2.05) is 0 Å². The molecule has 0 spiro atoms. The van der Waals surface area contributed by atoms with Crippen LogP contribution in [0, 0.1) is 0 Å². The summed E-state index contributed by atoms with van der Waals surface area (Å²) >= 11 is 0. The summed E-state index contributed by atoms with van der Waals surface area (Å²) in [6, 6.07) is 9.66. The van der Waals surface area contributed by atoms with Gasteiger partial charge in [-0.3, -0.25) is 0 Å². The standard InChI is InChI=1S/C20H20O6/c1-24-18-12-14(5-8-16(18)21)4-3-11-26-20(23)10-7-15-6-9-17(22)19(13-15)25-2/h3-10,12-13,21-22H,11H2,1-2H3/b4-3-,10-7-. The highest BCUT2D eigenvalue weighted by atomic mass is 16.5. The Kier molecular flexibility index (Phi) is 6.68. The molecular formula is C20H20O6. The third-order valence-corrected chi connectivity index (χ3v) is 3.45. The third-order valence-electron chi connectivity index (χ3n) is 3.45. The molecule has 6 nitrogen and oxygen atoms in total. The molecule has 26 heavy (non-hydrogen) atoms. The third kappa shape index (κ3) is 5.31. The van der Waals surface area contributed by atoms with Crippen molar-refractivity contribution in [1.82, 2.24) is 0 Å². The number of carbonyl (C=O) groups excluding carboxylic acids is 1. The maximum Gasteiger partial charge on any atom is 0.331 e. The Morgan fingerprint density at radius 3 is 2.00 bits per heavy atom. The minimum Gasteiger partial charge on any atom is -0.504 e. The second-order valence-electron chi connectivity index (χ2n) is 5.23. The Balaban J connectivity index is 1.87. The molecule has 136 valence electrons. The highest BCUT2D eigenvalue weighted by molar-refractivity contribution is 5.87. The van der Waals surface area contributed by atoms with E-state index in [9.17, 15) is 15.0 Å². The molecular weight excluding hydrogens is 336 g/mol. The maximum atomic E-state index is 11.7. The van der Waals surface area contributed by atoms with E-state index in [1.54, 1.807) is 42.5 Å². The Hall–Kier alpha value is -3.41. The summed E-state index contributed by atoms with van der Waals surface area (Å²) in [7, 11) is 2.92. The first-order valence-corrected chi connectivity index (χ1v) is 7.79. The van der Waals surface area contributed by atoms with Gasteiger partial charge in [-0.2, -0.15) is 0 Å². The van der Waals surface area contributed by atoms with E-state index < -0.39 is 5.97 Å². The molecule has 0 saturated carbocycles. The van der Waals surface area contributed by atoms with E-state index in [0.29, 0.717) is 17.1 Å². The molecule has 0 aliphatic rings. The van der Waals surface area contributed by atoms with Crippen LogP contribution in [0.25, 0.3) is 12.2 Å². The first-order valence-electron chi connectivity index (χ1n) is 7.79. The minimum absolute atomic E-state index is 0.0308. The molecule has 2 N–H and O–H groups in total. The van der Waals surface area contributed by atoms with Crippen LogP contribution >= 0.6 is 0 Å². The van der Waals surface area contributed by atoms with Gasteiger partial charge in [-0.25, -0.2) is 4.79 Å². The first kappa shape index (κ1) is 18.9. The molecule has 0 aromatic heterocycles. The number of esters is 1. The Bertz CT molecular complexity index is 823. The van der Waals surface area contributed by atoms with Crippen LogP contribution in [0.4, 0.5) is 0 Å². The van der Waals surface area contributed by atoms with Crippen LogP contribution in [-0.4, -0.2) is 37.0 Å². The molecule has 0 heterocycles. The Morgan fingerprint density at radius 1 is 0.923 bits per heavy atom. The van der Waals surface area contributed by atoms with Crippen LogP contribution in [0.1, 0.15) is 11.1 Å². The van der Waals surface area contributed by atoms with Gasteiger partial charge in [0, 0.05) is 6.08 Å². The monoisotopic (exact) mass is 356 g/mol. The second kappa shape index (κ2) is 9.17. The van der Waals surface area contributed by atoms with E-state index in [1.165, 1.54) is 32.4 Å². The van der Waals surface area contributed by atoms with Crippen LogP contribution in [0.3, 0.4) is 0 Å². The van der Waals surface area contributed by atoms with Gasteiger partial charge in [-0.05, 0) is 47.5 Å². The molecule has 6 heteroatoms. The lowest BCUT2D eigenvalue weighted by atomic mass is 10.2. The molecule has 0 fully saturated rings. The number of carbonyl (C=O) groups is 1. The summed E-state index contributed by atoms with van der Waals surface area (Å²) < 4.78 is 15.1. The van der Waals surface area contributed by atoms with Crippen LogP contribution < -0.4 is 9.47 Å². The molecule has 2 aromatic rings. The van der Waals surface area contributed by atoms with Gasteiger partial charge in [0.05, 0.1) is 14.2 Å². The summed E-state index contributed by atoms with van der Waals surface area (Å²) in [5.41, 5.74) is 1.51. The number of methoxy groups -OCH3 is 2. The van der Waals surface area contributed by atoms with Gasteiger partial charge in [0.1, 0.15) is 6.61 Å². The molecule has 0 saturated heterocycles. The van der Waals surface area contributed by atoms with Crippen molar-refractivity contribution in [1.29, 1.82) is 0 Å². The number of aromatic hydroxyl groups is 2. The minimum atomic E-state index is -0.495. The number of phenolic OH excluding ortho intramolecular Hbond substituents is 2. The Labute approximate surface area is 151 Å². The zero-order valence-corrected chi connectivity index (χ0v) is 14.5. The summed E-state index contributed by atoms with van der Waals surface area (Å²) in [5, 5.41) is 19.1. The Morgan fingerprint density at radius 2 is 1.46 bits per heavy atom. The number of phenols is 2. The predicted molar refractivity (Wildman–Crippen MR) is 98.3 cm³/mol. The van der Waals surface area contributed by atoms with Crippen LogP contribution in [0.15, 0.2) is 48.6 Å². The SMILES string of the molecule is COc1cc(/C=C\COC(=O)/C=C\c2ccc(O)c(OC)c2)ccc1O. The van der Waals surface area contributed by atoms with E-state index in [2.05, 4.69) is 0 Å². The number of rotatable bonds is 7. The maximum absolute atomic E-state index is 11.7. The van der Waals surface area contributed by atoms with Crippen LogP contribution in [0.2, 0.25) is 0 Å². The van der Waals surface area contributed by atoms with Gasteiger partial charge in [0.15, 0.2) is 23.0 Å². The average Bonchev–Trinajstić information content (AvgIpc) is 2.65. The van der Waals surface area contributed by atoms with Crippen LogP contribution in [0.5, 0.6) is 23.0 Å². The highest BCUT2D eigenvalue weighted by Gasteiger charge is 2.02. The fourth-order valence-electron chi connectivity index (χ4n) is 2.12. The van der Waals surface area contributed by atoms with Gasteiger partial charge in [-0.15, -0.1) is 0 Å². The number of ether oxygens (including phenoxy) is 3.